The molecule has 0 saturated carbocycles. The van der Waals surface area contributed by atoms with Crippen LogP contribution in [0.4, 0.5) is 4.39 Å². The largest absolute Gasteiger partial charge is 0.492 e. The van der Waals surface area contributed by atoms with Crippen LogP contribution in [0.15, 0.2) is 60.7 Å². The van der Waals surface area contributed by atoms with Crippen molar-refractivity contribution in [3.63, 3.8) is 0 Å². The predicted molar refractivity (Wildman–Crippen MR) is 192 cm³/mol. The van der Waals surface area contributed by atoms with Crippen LogP contribution in [0.25, 0.3) is 11.1 Å². The van der Waals surface area contributed by atoms with Gasteiger partial charge in [-0.05, 0) is 55.7 Å². The lowest BCUT2D eigenvalue weighted by Crippen LogP contribution is -2.45. The van der Waals surface area contributed by atoms with Crippen LogP contribution in [0, 0.1) is 11.2 Å². The maximum absolute atomic E-state index is 15.1. The summed E-state index contributed by atoms with van der Waals surface area (Å²) in [5.74, 6) is -6.11. The summed E-state index contributed by atoms with van der Waals surface area (Å²) in [5, 5.41) is 0. The van der Waals surface area contributed by atoms with E-state index in [0.717, 1.165) is 46.0 Å². The Morgan fingerprint density at radius 1 is 0.604 bits per heavy atom. The highest BCUT2D eigenvalue weighted by Crippen LogP contribution is 2.32. The van der Waals surface area contributed by atoms with Gasteiger partial charge in [-0.2, -0.15) is 0 Å². The highest BCUT2D eigenvalue weighted by Gasteiger charge is 2.38. The van der Waals surface area contributed by atoms with Crippen molar-refractivity contribution in [2.24, 2.45) is 5.41 Å². The Bertz CT molecular complexity index is 1590. The molecule has 0 amide bonds. The van der Waals surface area contributed by atoms with Gasteiger partial charge >= 0.3 is 23.9 Å². The molecule has 0 aliphatic rings. The smallest absolute Gasteiger partial charge is 0.374 e. The van der Waals surface area contributed by atoms with Gasteiger partial charge in [0.25, 0.3) is 0 Å². The number of ketones is 2. The maximum atomic E-state index is 15.1. The van der Waals surface area contributed by atoms with Crippen LogP contribution in [-0.4, -0.2) is 68.5 Å². The zero-order chi connectivity index (χ0) is 39.6. The van der Waals surface area contributed by atoms with E-state index in [9.17, 15) is 28.8 Å². The molecule has 12 nitrogen and oxygen atoms in total. The fourth-order valence-corrected chi connectivity index (χ4v) is 4.60. The van der Waals surface area contributed by atoms with E-state index in [2.05, 4.69) is 20.1 Å². The van der Waals surface area contributed by atoms with Crippen molar-refractivity contribution in [1.29, 1.82) is 0 Å². The Labute approximate surface area is 309 Å². The molecule has 0 N–H and O–H groups in total. The van der Waals surface area contributed by atoms with E-state index in [4.69, 9.17) is 28.4 Å². The first-order valence-electron chi connectivity index (χ1n) is 17.3. The molecule has 0 atom stereocenters. The van der Waals surface area contributed by atoms with Crippen molar-refractivity contribution in [2.45, 2.75) is 79.8 Å². The lowest BCUT2D eigenvalue weighted by molar-refractivity contribution is -0.168. The van der Waals surface area contributed by atoms with E-state index in [-0.39, 0.29) is 29.3 Å². The van der Waals surface area contributed by atoms with Gasteiger partial charge in [-0.25, -0.2) is 23.6 Å². The fourth-order valence-electron chi connectivity index (χ4n) is 4.60. The molecule has 0 radical (unpaired) electrons. The van der Waals surface area contributed by atoms with E-state index in [0.29, 0.717) is 23.3 Å². The number of rotatable bonds is 24. The predicted octanol–water partition coefficient (Wildman–Crippen LogP) is 6.60. The summed E-state index contributed by atoms with van der Waals surface area (Å²) < 4.78 is 47.9. The summed E-state index contributed by atoms with van der Waals surface area (Å²) >= 11 is 0. The molecule has 0 aromatic heterocycles. The average Bonchev–Trinajstić information content (AvgIpc) is 3.12. The Hall–Kier alpha value is -5.33. The lowest BCUT2D eigenvalue weighted by atomic mass is 9.92. The monoisotopic (exact) mass is 740 g/mol. The summed E-state index contributed by atoms with van der Waals surface area (Å²) in [4.78, 5) is 72.3. The van der Waals surface area contributed by atoms with Gasteiger partial charge < -0.3 is 28.4 Å². The summed E-state index contributed by atoms with van der Waals surface area (Å²) in [6.45, 7) is 11.8. The molecule has 0 saturated heterocycles. The molecular formula is C40H49FO12. The first-order valence-corrected chi connectivity index (χ1v) is 17.3. The number of carbonyl (C=O) groups excluding carboxylic acids is 6. The van der Waals surface area contributed by atoms with Crippen LogP contribution < -0.4 is 9.47 Å². The standard InChI is InChI=1S/C40H49FO12/c1-8-9-10-11-12-13-18-48-35-17-15-31(20-33(35)41)30-14-16-34(32(19-30)21-49-36(44)26(2)3)50-22-40(23-51-37(45)27(4)5,24-52-38(46)28(6)42)25-53-39(47)29(7)43/h14-17,19-20H,2,4,8-13,18,21-25H2,1,3,5-7H3. The molecule has 13 heteroatoms. The van der Waals surface area contributed by atoms with Gasteiger partial charge in [-0.3, -0.25) is 9.59 Å². The topological polar surface area (TPSA) is 158 Å². The number of ether oxygens (including phenoxy) is 6. The quantitative estimate of drug-likeness (QED) is 0.0374. The minimum absolute atomic E-state index is 0.0346. The summed E-state index contributed by atoms with van der Waals surface area (Å²) in [5.41, 5.74) is -0.142. The number of esters is 4. The van der Waals surface area contributed by atoms with Crippen LogP contribution in [0.2, 0.25) is 0 Å². The van der Waals surface area contributed by atoms with E-state index in [1.54, 1.807) is 18.2 Å². The van der Waals surface area contributed by atoms with E-state index >= 15 is 4.39 Å². The fraction of sp³-hybridized carbons (Fsp3) is 0.450. The number of carbonyl (C=O) groups is 6. The van der Waals surface area contributed by atoms with Crippen LogP contribution in [0.3, 0.4) is 0 Å². The number of benzene rings is 2. The van der Waals surface area contributed by atoms with E-state index in [1.165, 1.54) is 38.5 Å². The second-order valence-corrected chi connectivity index (χ2v) is 12.9. The zero-order valence-electron chi connectivity index (χ0n) is 31.1. The number of halogens is 1. The zero-order valence-corrected chi connectivity index (χ0v) is 31.1. The summed E-state index contributed by atoms with van der Waals surface area (Å²) in [6, 6.07) is 9.31. The van der Waals surface area contributed by atoms with Crippen molar-refractivity contribution in [2.75, 3.05) is 33.0 Å². The third kappa shape index (κ3) is 15.0. The molecule has 0 unspecified atom stereocenters. The molecule has 0 aliphatic heterocycles. The number of Topliss-reactive ketones (excluding diaryl/α,β-unsaturated/α-hetero) is 2. The Morgan fingerprint density at radius 2 is 1.09 bits per heavy atom. The number of hydrogen-bond donors (Lipinski definition) is 0. The number of hydrogen-bond acceptors (Lipinski definition) is 12. The number of unbranched alkanes of at least 4 members (excludes halogenated alkanes) is 5. The molecule has 2 aromatic carbocycles. The van der Waals surface area contributed by atoms with Crippen molar-refractivity contribution >= 4 is 35.4 Å². The molecule has 0 heterocycles. The van der Waals surface area contributed by atoms with Crippen LogP contribution in [-0.2, 0) is 54.3 Å². The minimum Gasteiger partial charge on any atom is -0.492 e. The lowest BCUT2D eigenvalue weighted by Gasteiger charge is -2.32. The van der Waals surface area contributed by atoms with Gasteiger partial charge in [0.2, 0.25) is 11.6 Å². The van der Waals surface area contributed by atoms with Crippen LogP contribution >= 0.6 is 0 Å². The molecule has 0 aliphatic carbocycles. The second kappa shape index (κ2) is 21.9. The van der Waals surface area contributed by atoms with Crippen molar-refractivity contribution in [3.05, 3.63) is 72.1 Å². The normalized spacial score (nSPS) is 10.8. The Kier molecular flexibility index (Phi) is 18.1. The molecule has 2 rings (SSSR count). The maximum Gasteiger partial charge on any atom is 0.374 e. The van der Waals surface area contributed by atoms with E-state index < -0.39 is 73.1 Å². The molecule has 288 valence electrons. The molecule has 0 fully saturated rings. The van der Waals surface area contributed by atoms with Crippen molar-refractivity contribution in [1.82, 2.24) is 0 Å². The van der Waals surface area contributed by atoms with Gasteiger partial charge in [-0.15, -0.1) is 0 Å². The molecule has 0 spiro atoms. The summed E-state index contributed by atoms with van der Waals surface area (Å²) in [6.07, 6.45) is 6.43. The van der Waals surface area contributed by atoms with E-state index in [1.807, 2.05) is 0 Å². The summed E-state index contributed by atoms with van der Waals surface area (Å²) in [7, 11) is 0. The average molecular weight is 741 g/mol. The van der Waals surface area contributed by atoms with Gasteiger partial charge in [-0.1, -0.05) is 64.3 Å². The third-order valence-electron chi connectivity index (χ3n) is 7.77. The van der Waals surface area contributed by atoms with Crippen molar-refractivity contribution < 1.29 is 61.6 Å². The van der Waals surface area contributed by atoms with Gasteiger partial charge in [0.15, 0.2) is 11.6 Å². The van der Waals surface area contributed by atoms with Crippen LogP contribution in [0.5, 0.6) is 11.5 Å². The molecule has 0 bridgehead atoms. The molecular weight excluding hydrogens is 691 g/mol. The first-order chi connectivity index (χ1) is 25.1. The Balaban J connectivity index is 2.44. The third-order valence-corrected chi connectivity index (χ3v) is 7.77. The highest BCUT2D eigenvalue weighted by molar-refractivity contribution is 6.32. The van der Waals surface area contributed by atoms with Gasteiger partial charge in [0.05, 0.1) is 6.61 Å². The molecule has 2 aromatic rings. The second-order valence-electron chi connectivity index (χ2n) is 12.9. The van der Waals surface area contributed by atoms with Gasteiger partial charge in [0, 0.05) is 30.6 Å². The SMILES string of the molecule is C=C(C)C(=O)OCc1cc(-c2ccc(OCCCCCCCC)c(F)c2)ccc1OCC(COC(=O)C(=C)C)(COC(=O)C(C)=O)COC(=O)C(C)=O. The van der Waals surface area contributed by atoms with Crippen molar-refractivity contribution in [3.8, 4) is 22.6 Å². The highest BCUT2D eigenvalue weighted by atomic mass is 19.1. The van der Waals surface area contributed by atoms with Gasteiger partial charge in [0.1, 0.15) is 44.2 Å². The van der Waals surface area contributed by atoms with Crippen LogP contribution in [0.1, 0.15) is 78.7 Å². The minimum atomic E-state index is -1.65. The Morgan fingerprint density at radius 3 is 1.62 bits per heavy atom. The molecule has 53 heavy (non-hydrogen) atoms. The first kappa shape index (κ1) is 43.8.